The number of phenols is 26. The lowest BCUT2D eigenvalue weighted by Crippen LogP contribution is -2.63. The largest absolute Gasteiger partial charge is 0.504 e. The van der Waals surface area contributed by atoms with Gasteiger partial charge in [-0.1, -0.05) is 0 Å². The Labute approximate surface area is 677 Å². The van der Waals surface area contributed by atoms with Gasteiger partial charge in [-0.3, -0.25) is 0 Å². The molecule has 10 atom stereocenters. The molecule has 2 saturated heterocycles. The lowest BCUT2D eigenvalue weighted by Gasteiger charge is -2.43. The van der Waals surface area contributed by atoms with E-state index in [0.29, 0.717) is 72.8 Å². The molecule has 12 rings (SSSR count). The SMILES string of the molecule is O=C(OC[C@H]1O[C@@H](O)[C@H](OC(=O)c2cc(O)c(O)c(O)c2)[C@@H](OC(=O)c2cc(O)c(O)c(O)c2)[C@@H]1OC(=O)c1cc(O)c(O)c(O)c1Oc1cc2c(c(O)c1O)-c1c(cc(O)c(O)c1O)C(=O)O[C@H]1[C@H](OC(=O)c3cc(O)c(O)c(O)c3)[C@@H](OC(=O)c3cc(O)c(O)c(O)c3)[C@H](OC(=O)c3cc(O)c(O)c(O)c3)O[C@@H]1COC2=O)c1cc(O)c(O)c(O)c1. The van der Waals surface area contributed by atoms with E-state index in [0.717, 1.165) is 0 Å². The maximum absolute atomic E-state index is 15.3. The standard InChI is InChI=1S/C75H56O48/c76-27-1-18(2-28(77)46(27)90)65(102)112-16-42-59(61(119-66(103)19-3-29(78)47(91)30(79)4-19)63(74(111)115-42)121-68(105)21-7-33(82)49(93)34(83)8-21)118-73(110)26-14-40(89)53(97)57(101)58(26)114-41-15-25-45(56(100)54(41)98)44-24(13-39(88)52(96)55(44)99)72(109)117-60-43(17-113-71(25)108)116-75(123-70(107)23-11-37(86)51(95)38(87)12-23)64(122-69(106)22-9-35(84)50(94)36(85)10-22)62(60)120-67(104)20-5-31(80)48(92)32(81)6-20/h1-15,42-43,59-64,74-101,111H,16-17H2/t42-,43-,59-,60-,61+,62+,63-,64-,74-,75+/m1/s1. The van der Waals surface area contributed by atoms with Gasteiger partial charge in [0.15, 0.2) is 175 Å². The van der Waals surface area contributed by atoms with Gasteiger partial charge in [-0.2, -0.15) is 0 Å². The fraction of sp³-hybridized carbons (Fsp3) is 0.160. The molecule has 9 aromatic rings. The first-order valence-corrected chi connectivity index (χ1v) is 34.0. The number of phenolic OH excluding ortho intramolecular Hbond substituents is 26. The topological polar surface area (TPSA) is 811 Å². The van der Waals surface area contributed by atoms with E-state index >= 15 is 14.4 Å². The number of carbonyl (C=O) groups is 9. The first-order valence-electron chi connectivity index (χ1n) is 34.0. The van der Waals surface area contributed by atoms with E-state index < -0.39 is 351 Å². The number of hydrogen-bond donors (Lipinski definition) is 27. The summed E-state index contributed by atoms with van der Waals surface area (Å²) in [5.74, 6) is -56.4. The lowest BCUT2D eigenvalue weighted by atomic mass is 9.91. The van der Waals surface area contributed by atoms with Crippen molar-refractivity contribution in [3.63, 3.8) is 0 Å². The predicted molar refractivity (Wildman–Crippen MR) is 381 cm³/mol. The molecule has 48 heteroatoms. The molecule has 27 N–H and O–H groups in total. The number of esters is 9. The van der Waals surface area contributed by atoms with E-state index in [1.54, 1.807) is 0 Å². The summed E-state index contributed by atoms with van der Waals surface area (Å²) in [6.45, 7) is -3.11. The van der Waals surface area contributed by atoms with Crippen molar-refractivity contribution in [1.82, 2.24) is 0 Å². The van der Waals surface area contributed by atoms with Crippen LogP contribution in [0.2, 0.25) is 0 Å². The van der Waals surface area contributed by atoms with Crippen molar-refractivity contribution >= 4 is 53.7 Å². The highest BCUT2D eigenvalue weighted by atomic mass is 16.8. The molecule has 0 radical (unpaired) electrons. The fourth-order valence-electron chi connectivity index (χ4n) is 12.2. The predicted octanol–water partition coefficient (Wildman–Crippen LogP) is 2.77. The number of ether oxygens (including phenoxy) is 12. The Balaban J connectivity index is 0.982. The van der Waals surface area contributed by atoms with Crippen LogP contribution in [0.1, 0.15) is 93.2 Å². The fourth-order valence-corrected chi connectivity index (χ4v) is 12.2. The van der Waals surface area contributed by atoms with Crippen molar-refractivity contribution in [3.05, 3.63) is 141 Å². The summed E-state index contributed by atoms with van der Waals surface area (Å²) in [5, 5.41) is 289. The van der Waals surface area contributed by atoms with E-state index in [-0.39, 0.29) is 18.2 Å². The Morgan fingerprint density at radius 2 is 0.650 bits per heavy atom. The average Bonchev–Trinajstić information content (AvgIpc) is 1.72. The number of fused-ring (bicyclic) bond motifs is 4. The summed E-state index contributed by atoms with van der Waals surface area (Å²) in [6, 6.07) is 5.85. The highest BCUT2D eigenvalue weighted by Crippen LogP contribution is 2.57. The van der Waals surface area contributed by atoms with Crippen LogP contribution in [0.5, 0.6) is 161 Å². The minimum Gasteiger partial charge on any atom is -0.504 e. The third kappa shape index (κ3) is 16.2. The van der Waals surface area contributed by atoms with Gasteiger partial charge in [-0.15, -0.1) is 0 Å². The summed E-state index contributed by atoms with van der Waals surface area (Å²) < 4.78 is 67.5. The van der Waals surface area contributed by atoms with E-state index in [1.165, 1.54) is 0 Å². The maximum Gasteiger partial charge on any atom is 0.342 e. The van der Waals surface area contributed by atoms with Crippen LogP contribution in [0.3, 0.4) is 0 Å². The number of cyclic esters (lactones) is 1. The molecule has 0 amide bonds. The van der Waals surface area contributed by atoms with Gasteiger partial charge < -0.3 is 195 Å². The summed E-state index contributed by atoms with van der Waals surface area (Å²) in [6.07, 6.45) is -27.4. The molecule has 3 aliphatic rings. The Hall–Kier alpha value is -17.3. The Morgan fingerprint density at radius 1 is 0.317 bits per heavy atom. The summed E-state index contributed by atoms with van der Waals surface area (Å²) in [5.41, 5.74) is -13.0. The second-order valence-corrected chi connectivity index (χ2v) is 26.2. The summed E-state index contributed by atoms with van der Waals surface area (Å²) in [7, 11) is 0. The third-order valence-electron chi connectivity index (χ3n) is 18.3. The molecule has 0 saturated carbocycles. The van der Waals surface area contributed by atoms with Crippen molar-refractivity contribution in [2.75, 3.05) is 13.2 Å². The number of rotatable bonds is 17. The Kier molecular flexibility index (Phi) is 22.6. The molecule has 9 aromatic carbocycles. The molecule has 3 aliphatic heterocycles. The van der Waals surface area contributed by atoms with Crippen molar-refractivity contribution in [2.24, 2.45) is 0 Å². The molecule has 2 fully saturated rings. The van der Waals surface area contributed by atoms with Crippen molar-refractivity contribution in [3.8, 4) is 172 Å². The number of aliphatic hydroxyl groups is 1. The number of hydrogen-bond acceptors (Lipinski definition) is 48. The normalized spacial score (nSPS) is 19.1. The van der Waals surface area contributed by atoms with Gasteiger partial charge in [0.1, 0.15) is 31.0 Å². The van der Waals surface area contributed by atoms with Crippen LogP contribution in [0.4, 0.5) is 0 Å². The maximum atomic E-state index is 15.3. The van der Waals surface area contributed by atoms with Gasteiger partial charge >= 0.3 is 53.7 Å². The zero-order valence-corrected chi connectivity index (χ0v) is 60.5. The number of benzene rings is 9. The van der Waals surface area contributed by atoms with E-state index in [9.17, 15) is 167 Å². The van der Waals surface area contributed by atoms with Crippen LogP contribution < -0.4 is 4.74 Å². The van der Waals surface area contributed by atoms with Gasteiger partial charge in [-0.05, 0) is 78.9 Å². The number of aliphatic hydroxyl groups excluding tert-OH is 1. The minimum atomic E-state index is -2.84. The zero-order chi connectivity index (χ0) is 90.0. The van der Waals surface area contributed by atoms with Crippen LogP contribution in [-0.2, 0) is 52.1 Å². The van der Waals surface area contributed by atoms with Crippen molar-refractivity contribution in [1.29, 1.82) is 0 Å². The molecule has 0 aliphatic carbocycles. The Bertz CT molecular complexity index is 5810. The Morgan fingerprint density at radius 3 is 1.07 bits per heavy atom. The molecule has 0 bridgehead atoms. The van der Waals surface area contributed by atoms with Gasteiger partial charge in [0.2, 0.25) is 35.4 Å². The van der Waals surface area contributed by atoms with E-state index in [4.69, 9.17) is 56.8 Å². The van der Waals surface area contributed by atoms with Crippen LogP contribution in [0.25, 0.3) is 11.1 Å². The number of carbonyl (C=O) groups excluding carboxylic acids is 9. The molecule has 48 nitrogen and oxygen atoms in total. The highest BCUT2D eigenvalue weighted by molar-refractivity contribution is 6.09. The van der Waals surface area contributed by atoms with Gasteiger partial charge in [0, 0.05) is 23.3 Å². The quantitative estimate of drug-likeness (QED) is 0.0354. The van der Waals surface area contributed by atoms with Crippen LogP contribution in [-0.4, -0.2) is 266 Å². The average molecular weight is 1730 g/mol. The van der Waals surface area contributed by atoms with Gasteiger partial charge in [0.25, 0.3) is 0 Å². The second-order valence-electron chi connectivity index (χ2n) is 26.2. The second kappa shape index (κ2) is 32.6. The highest BCUT2D eigenvalue weighted by Gasteiger charge is 2.57. The van der Waals surface area contributed by atoms with Crippen molar-refractivity contribution in [2.45, 2.75) is 61.4 Å². The molecule has 0 aromatic heterocycles. The minimum absolute atomic E-state index is 0.126. The van der Waals surface area contributed by atoms with E-state index in [1.807, 2.05) is 0 Å². The van der Waals surface area contributed by atoms with Gasteiger partial charge in [0.05, 0.1) is 44.5 Å². The van der Waals surface area contributed by atoms with Crippen molar-refractivity contribution < 1.29 is 238 Å². The molecular formula is C75H56O48. The molecule has 0 spiro atoms. The first kappa shape index (κ1) is 85.1. The molecule has 123 heavy (non-hydrogen) atoms. The molecule has 644 valence electrons. The summed E-state index contributed by atoms with van der Waals surface area (Å²) in [4.78, 5) is 131. The van der Waals surface area contributed by atoms with Crippen LogP contribution in [0, 0.1) is 0 Å². The van der Waals surface area contributed by atoms with Crippen LogP contribution >= 0.6 is 0 Å². The molecular weight excluding hydrogens is 1670 g/mol. The smallest absolute Gasteiger partial charge is 0.342 e. The van der Waals surface area contributed by atoms with Gasteiger partial charge in [-0.25, -0.2) is 43.2 Å². The molecule has 0 unspecified atom stereocenters. The summed E-state index contributed by atoms with van der Waals surface area (Å²) >= 11 is 0. The lowest BCUT2D eigenvalue weighted by molar-refractivity contribution is -0.284. The first-order chi connectivity index (χ1) is 57.8. The van der Waals surface area contributed by atoms with E-state index in [2.05, 4.69) is 0 Å². The monoisotopic (exact) mass is 1720 g/mol. The number of aromatic hydroxyl groups is 26. The third-order valence-corrected chi connectivity index (χ3v) is 18.3. The molecule has 3 heterocycles. The zero-order valence-electron chi connectivity index (χ0n) is 60.5. The van der Waals surface area contributed by atoms with Crippen LogP contribution in [0.15, 0.2) is 91.0 Å².